The van der Waals surface area contributed by atoms with Crippen molar-refractivity contribution < 1.29 is 2.74 Å². The van der Waals surface area contributed by atoms with Gasteiger partial charge < -0.3 is 9.13 Å². The number of para-hydroxylation sites is 2. The van der Waals surface area contributed by atoms with E-state index in [0.29, 0.717) is 0 Å². The molecule has 0 radical (unpaired) electrons. The summed E-state index contributed by atoms with van der Waals surface area (Å²) in [5.41, 5.74) is 6.79. The van der Waals surface area contributed by atoms with E-state index >= 15 is 0 Å². The third-order valence-corrected chi connectivity index (χ3v) is 4.78. The summed E-state index contributed by atoms with van der Waals surface area (Å²) >= 11 is 0. The summed E-state index contributed by atoms with van der Waals surface area (Å²) < 4.78 is 20.0. The van der Waals surface area contributed by atoms with E-state index in [9.17, 15) is 0 Å². The maximum Gasteiger partial charge on any atom is 0.0449 e. The third kappa shape index (κ3) is 3.36. The second kappa shape index (κ2) is 7.09. The van der Waals surface area contributed by atoms with Crippen LogP contribution in [0.5, 0.6) is 0 Å². The number of hydrogen-bond acceptors (Lipinski definition) is 0. The molecule has 4 rings (SSSR count). The molecule has 2 aromatic heterocycles. The average Bonchev–Trinajstić information content (AvgIpc) is 3.37. The van der Waals surface area contributed by atoms with Gasteiger partial charge in [-0.1, -0.05) is 36.4 Å². The predicted molar refractivity (Wildman–Crippen MR) is 108 cm³/mol. The lowest BCUT2D eigenvalue weighted by atomic mass is 10.0. The lowest BCUT2D eigenvalue weighted by Crippen LogP contribution is -1.93. The molecule has 2 heterocycles. The van der Waals surface area contributed by atoms with Crippen molar-refractivity contribution in [1.82, 2.24) is 9.13 Å². The van der Waals surface area contributed by atoms with E-state index in [1.54, 1.807) is 0 Å². The zero-order valence-electron chi connectivity index (χ0n) is 16.8. The Morgan fingerprint density at radius 1 is 0.615 bits per heavy atom. The van der Waals surface area contributed by atoms with Crippen molar-refractivity contribution in [2.24, 2.45) is 0 Å². The molecule has 0 saturated heterocycles. The third-order valence-electron chi connectivity index (χ3n) is 4.78. The fourth-order valence-corrected chi connectivity index (χ4v) is 3.30. The van der Waals surface area contributed by atoms with Gasteiger partial charge in [-0.25, -0.2) is 0 Å². The van der Waals surface area contributed by atoms with Crippen LogP contribution in [0.2, 0.25) is 0 Å². The van der Waals surface area contributed by atoms with Gasteiger partial charge in [-0.2, -0.15) is 0 Å². The zero-order chi connectivity index (χ0) is 19.3. The molecule has 0 aliphatic heterocycles. The van der Waals surface area contributed by atoms with Crippen LogP contribution in [0.3, 0.4) is 0 Å². The van der Waals surface area contributed by atoms with E-state index in [4.69, 9.17) is 2.74 Å². The maximum absolute atomic E-state index is 7.89. The summed E-state index contributed by atoms with van der Waals surface area (Å²) in [5.74, 6) is 0. The maximum atomic E-state index is 7.89. The molecule has 0 bridgehead atoms. The fourth-order valence-electron chi connectivity index (χ4n) is 3.30. The molecular formula is C24H24N2. The minimum absolute atomic E-state index is 0.283. The van der Waals surface area contributed by atoms with Crippen LogP contribution in [0, 0.1) is 13.8 Å². The van der Waals surface area contributed by atoms with Gasteiger partial charge in [-0.3, -0.25) is 0 Å². The molecule has 2 aromatic carbocycles. The van der Waals surface area contributed by atoms with E-state index in [1.807, 2.05) is 36.4 Å². The van der Waals surface area contributed by atoms with Gasteiger partial charge in [0.05, 0.1) is 0 Å². The Kier molecular flexibility index (Phi) is 3.87. The molecule has 0 spiro atoms. The van der Waals surface area contributed by atoms with Crippen LogP contribution < -0.4 is 0 Å². The second-order valence-corrected chi connectivity index (χ2v) is 6.60. The zero-order valence-corrected chi connectivity index (χ0v) is 14.8. The van der Waals surface area contributed by atoms with E-state index in [-0.39, 0.29) is 13.8 Å². The number of benzene rings is 2. The van der Waals surface area contributed by atoms with E-state index in [2.05, 4.69) is 58.2 Å². The Morgan fingerprint density at radius 2 is 1.04 bits per heavy atom. The topological polar surface area (TPSA) is 9.86 Å². The Hall–Kier alpha value is -3.00. The highest BCUT2D eigenvalue weighted by Gasteiger charge is 2.08. The minimum atomic E-state index is 0.283. The molecule has 0 amide bonds. The van der Waals surface area contributed by atoms with E-state index in [1.165, 1.54) is 11.1 Å². The first-order valence-electron chi connectivity index (χ1n) is 10.3. The van der Waals surface area contributed by atoms with Gasteiger partial charge >= 0.3 is 0 Å². The van der Waals surface area contributed by atoms with Crippen LogP contribution in [0.15, 0.2) is 85.5 Å². The Labute approximate surface area is 158 Å². The molecule has 2 heteroatoms. The fraction of sp³-hybridized carbons (Fsp3) is 0.167. The van der Waals surface area contributed by atoms with Crippen molar-refractivity contribution in [3.05, 3.63) is 108 Å². The number of hydrogen-bond donors (Lipinski definition) is 0. The predicted octanol–water partition coefficient (Wildman–Crippen LogP) is 5.67. The first-order chi connectivity index (χ1) is 13.8. The Balaban J connectivity index is 1.56. The average molecular weight is 342 g/mol. The lowest BCUT2D eigenvalue weighted by molar-refractivity contribution is 0.936. The molecule has 4 aromatic rings. The molecule has 0 atom stereocenters. The van der Waals surface area contributed by atoms with Crippen LogP contribution in [-0.4, -0.2) is 9.13 Å². The summed E-state index contributed by atoms with van der Waals surface area (Å²) in [6.07, 6.45) is 10.2. The number of aryl methyl sites for hydroxylation is 4. The lowest BCUT2D eigenvalue weighted by Gasteiger charge is -2.02. The van der Waals surface area contributed by atoms with Gasteiger partial charge in [0, 0.05) is 38.9 Å². The molecule has 0 fully saturated rings. The summed E-state index contributed by atoms with van der Waals surface area (Å²) in [7, 11) is 0. The summed E-state index contributed by atoms with van der Waals surface area (Å²) in [6, 6.07) is 20.5. The van der Waals surface area contributed by atoms with Gasteiger partial charge in [-0.15, -0.1) is 0 Å². The SMILES string of the molecule is [2H]Cc1cn(-c2ccccc2)cc1CCc1cn(-c2ccccc2)cc1C[2H]. The first-order valence-corrected chi connectivity index (χ1v) is 8.87. The van der Waals surface area contributed by atoms with Gasteiger partial charge in [0.2, 0.25) is 0 Å². The van der Waals surface area contributed by atoms with Gasteiger partial charge in [-0.05, 0) is 73.2 Å². The van der Waals surface area contributed by atoms with Gasteiger partial charge in [0.1, 0.15) is 0 Å². The quantitative estimate of drug-likeness (QED) is 0.442. The molecule has 0 N–H and O–H groups in total. The number of nitrogens with zero attached hydrogens (tertiary/aromatic N) is 2. The van der Waals surface area contributed by atoms with Crippen molar-refractivity contribution in [3.63, 3.8) is 0 Å². The molecule has 0 saturated carbocycles. The molecule has 2 nitrogen and oxygen atoms in total. The van der Waals surface area contributed by atoms with Crippen molar-refractivity contribution >= 4 is 0 Å². The van der Waals surface area contributed by atoms with Gasteiger partial charge in [0.15, 0.2) is 0 Å². The molecule has 0 unspecified atom stereocenters. The number of aromatic nitrogens is 2. The second-order valence-electron chi connectivity index (χ2n) is 6.60. The smallest absolute Gasteiger partial charge is 0.0449 e. The highest BCUT2D eigenvalue weighted by atomic mass is 15.0. The van der Waals surface area contributed by atoms with Crippen molar-refractivity contribution in [3.8, 4) is 11.4 Å². The Bertz CT molecular complexity index is 947. The Morgan fingerprint density at radius 3 is 1.42 bits per heavy atom. The molecule has 0 aliphatic rings. The molecule has 0 aliphatic carbocycles. The van der Waals surface area contributed by atoms with E-state index in [0.717, 1.165) is 35.3 Å². The first kappa shape index (κ1) is 14.2. The van der Waals surface area contributed by atoms with E-state index < -0.39 is 0 Å². The largest absolute Gasteiger partial charge is 0.323 e. The van der Waals surface area contributed by atoms with Crippen LogP contribution >= 0.6 is 0 Å². The summed E-state index contributed by atoms with van der Waals surface area (Å²) in [4.78, 5) is 0. The van der Waals surface area contributed by atoms with Crippen molar-refractivity contribution in [2.45, 2.75) is 26.6 Å². The minimum Gasteiger partial charge on any atom is -0.323 e. The van der Waals surface area contributed by atoms with Crippen LogP contribution in [-0.2, 0) is 12.8 Å². The molecule has 26 heavy (non-hydrogen) atoms. The monoisotopic (exact) mass is 342 g/mol. The standard InChI is InChI=1S/C24H24N2/c1-19-15-25(23-9-5-3-6-10-23)17-21(19)13-14-22-18-26(16-20(22)2)24-11-7-4-8-12-24/h3-12,15-18H,13-14H2,1-2H3/i1D,2D. The summed E-state index contributed by atoms with van der Waals surface area (Å²) in [5, 5.41) is 0. The summed E-state index contributed by atoms with van der Waals surface area (Å²) in [6.45, 7) is 0.566. The molecular weight excluding hydrogens is 316 g/mol. The van der Waals surface area contributed by atoms with Crippen LogP contribution in [0.25, 0.3) is 11.4 Å². The van der Waals surface area contributed by atoms with Crippen LogP contribution in [0.4, 0.5) is 0 Å². The van der Waals surface area contributed by atoms with Crippen molar-refractivity contribution in [2.75, 3.05) is 0 Å². The normalized spacial score (nSPS) is 12.0. The van der Waals surface area contributed by atoms with Crippen LogP contribution in [0.1, 0.15) is 25.0 Å². The van der Waals surface area contributed by atoms with Crippen molar-refractivity contribution in [1.29, 1.82) is 0 Å². The number of rotatable bonds is 5. The van der Waals surface area contributed by atoms with Gasteiger partial charge in [0.25, 0.3) is 0 Å². The molecule has 130 valence electrons. The highest BCUT2D eigenvalue weighted by molar-refractivity contribution is 5.39. The highest BCUT2D eigenvalue weighted by Crippen LogP contribution is 2.20.